The third-order valence-electron chi connectivity index (χ3n) is 4.53. The Balaban J connectivity index is 1.56. The summed E-state index contributed by atoms with van der Waals surface area (Å²) in [5, 5.41) is 8.00. The number of carbonyl (C=O) groups excluding carboxylic acids is 1. The van der Waals surface area contributed by atoms with Gasteiger partial charge in [-0.15, -0.1) is 0 Å². The number of benzene rings is 2. The highest BCUT2D eigenvalue weighted by Gasteiger charge is 2.14. The summed E-state index contributed by atoms with van der Waals surface area (Å²) in [4.78, 5) is 40.0. The Bertz CT molecular complexity index is 1370. The Labute approximate surface area is 179 Å². The lowest BCUT2D eigenvalue weighted by molar-refractivity contribution is -0.116. The standard InChI is InChI=1S/C20H15Cl2N5O3/c21-14-6-3-4-12(18(14)22)10-27-16(8-9-23-27)25-17(28)11-26-19(29)13-5-1-2-7-15(13)24-20(26)30/h1-9H,10-11H2,(H,24,30)(H,25,28). The summed E-state index contributed by atoms with van der Waals surface area (Å²) in [5.41, 5.74) is -0.0528. The number of fused-ring (bicyclic) bond motifs is 1. The van der Waals surface area contributed by atoms with Gasteiger partial charge in [-0.2, -0.15) is 5.10 Å². The highest BCUT2D eigenvalue weighted by atomic mass is 35.5. The first kappa shape index (κ1) is 19.9. The fraction of sp³-hybridized carbons (Fsp3) is 0.100. The predicted octanol–water partition coefficient (Wildman–Crippen LogP) is 2.88. The number of para-hydroxylation sites is 1. The molecule has 1 amide bonds. The van der Waals surface area contributed by atoms with Crippen LogP contribution in [0.3, 0.4) is 0 Å². The maximum Gasteiger partial charge on any atom is 0.329 e. The van der Waals surface area contributed by atoms with Crippen molar-refractivity contribution >= 4 is 45.8 Å². The number of hydrogen-bond acceptors (Lipinski definition) is 4. The summed E-state index contributed by atoms with van der Waals surface area (Å²) in [6, 6.07) is 13.5. The van der Waals surface area contributed by atoms with E-state index in [4.69, 9.17) is 23.2 Å². The molecule has 0 saturated carbocycles. The number of halogens is 2. The molecule has 8 nitrogen and oxygen atoms in total. The molecule has 0 aliphatic rings. The predicted molar refractivity (Wildman–Crippen MR) is 115 cm³/mol. The number of rotatable bonds is 5. The molecular formula is C20H15Cl2N5O3. The first-order valence-corrected chi connectivity index (χ1v) is 9.66. The van der Waals surface area contributed by atoms with E-state index in [9.17, 15) is 14.4 Å². The van der Waals surface area contributed by atoms with E-state index in [1.165, 1.54) is 10.9 Å². The molecule has 4 rings (SSSR count). The molecule has 0 radical (unpaired) electrons. The lowest BCUT2D eigenvalue weighted by Crippen LogP contribution is -2.38. The van der Waals surface area contributed by atoms with E-state index in [1.807, 2.05) is 0 Å². The van der Waals surface area contributed by atoms with Crippen LogP contribution in [0.2, 0.25) is 10.0 Å². The minimum atomic E-state index is -0.659. The number of nitrogens with zero attached hydrogens (tertiary/aromatic N) is 3. The van der Waals surface area contributed by atoms with Crippen LogP contribution < -0.4 is 16.6 Å². The molecule has 0 spiro atoms. The van der Waals surface area contributed by atoms with Crippen LogP contribution in [-0.4, -0.2) is 25.2 Å². The quantitative estimate of drug-likeness (QED) is 0.494. The second-order valence-corrected chi connectivity index (χ2v) is 7.29. The molecule has 0 fully saturated rings. The van der Waals surface area contributed by atoms with Crippen molar-refractivity contribution in [2.24, 2.45) is 0 Å². The molecule has 2 heterocycles. The minimum Gasteiger partial charge on any atom is -0.309 e. The topological polar surface area (TPSA) is 102 Å². The lowest BCUT2D eigenvalue weighted by Gasteiger charge is -2.11. The fourth-order valence-electron chi connectivity index (χ4n) is 3.07. The van der Waals surface area contributed by atoms with Gasteiger partial charge in [0.05, 0.1) is 33.7 Å². The SMILES string of the molecule is O=C(Cn1c(=O)[nH]c2ccccc2c1=O)Nc1ccnn1Cc1cccc(Cl)c1Cl. The molecule has 30 heavy (non-hydrogen) atoms. The molecule has 0 aliphatic heterocycles. The second kappa shape index (κ2) is 8.17. The number of carbonyl (C=O) groups is 1. The largest absolute Gasteiger partial charge is 0.329 e. The van der Waals surface area contributed by atoms with E-state index in [0.717, 1.165) is 10.1 Å². The molecular weight excluding hydrogens is 429 g/mol. The number of hydrogen-bond donors (Lipinski definition) is 2. The van der Waals surface area contributed by atoms with E-state index in [0.29, 0.717) is 26.8 Å². The molecule has 4 aromatic rings. The van der Waals surface area contributed by atoms with E-state index < -0.39 is 23.7 Å². The van der Waals surface area contributed by atoms with Gasteiger partial charge in [-0.05, 0) is 23.8 Å². The van der Waals surface area contributed by atoms with Crippen molar-refractivity contribution in [3.05, 3.63) is 91.2 Å². The third kappa shape index (κ3) is 3.87. The van der Waals surface area contributed by atoms with Crippen LogP contribution >= 0.6 is 23.2 Å². The van der Waals surface area contributed by atoms with E-state index in [1.54, 1.807) is 48.5 Å². The molecule has 0 aliphatic carbocycles. The Hall–Kier alpha value is -3.36. The van der Waals surface area contributed by atoms with Gasteiger partial charge in [0.1, 0.15) is 12.4 Å². The maximum absolute atomic E-state index is 12.6. The van der Waals surface area contributed by atoms with Gasteiger partial charge in [-0.3, -0.25) is 14.2 Å². The van der Waals surface area contributed by atoms with E-state index in [-0.39, 0.29) is 6.54 Å². The number of aromatic nitrogens is 4. The van der Waals surface area contributed by atoms with Crippen LogP contribution in [0.5, 0.6) is 0 Å². The molecule has 2 N–H and O–H groups in total. The minimum absolute atomic E-state index is 0.276. The molecule has 0 saturated heterocycles. The average molecular weight is 444 g/mol. The highest BCUT2D eigenvalue weighted by molar-refractivity contribution is 6.42. The van der Waals surface area contributed by atoms with Gasteiger partial charge < -0.3 is 10.3 Å². The molecule has 0 unspecified atom stereocenters. The molecule has 152 valence electrons. The van der Waals surface area contributed by atoms with Crippen LogP contribution in [0.4, 0.5) is 5.82 Å². The number of aromatic amines is 1. The van der Waals surface area contributed by atoms with Crippen LogP contribution in [0.15, 0.2) is 64.3 Å². The Morgan fingerprint density at radius 2 is 1.87 bits per heavy atom. The summed E-state index contributed by atoms with van der Waals surface area (Å²) < 4.78 is 2.38. The van der Waals surface area contributed by atoms with E-state index >= 15 is 0 Å². The van der Waals surface area contributed by atoms with Crippen LogP contribution in [0, 0.1) is 0 Å². The van der Waals surface area contributed by atoms with E-state index in [2.05, 4.69) is 15.4 Å². The number of H-pyrrole nitrogens is 1. The first-order valence-electron chi connectivity index (χ1n) is 8.90. The van der Waals surface area contributed by atoms with Crippen LogP contribution in [-0.2, 0) is 17.9 Å². The molecule has 2 aromatic carbocycles. The molecule has 0 bridgehead atoms. The Morgan fingerprint density at radius 1 is 1.07 bits per heavy atom. The van der Waals surface area contributed by atoms with Crippen molar-refractivity contribution in [1.82, 2.24) is 19.3 Å². The van der Waals surface area contributed by atoms with Crippen molar-refractivity contribution < 1.29 is 4.79 Å². The summed E-state index contributed by atoms with van der Waals surface area (Å²) >= 11 is 12.3. The summed E-state index contributed by atoms with van der Waals surface area (Å²) in [6.45, 7) is -0.166. The summed E-state index contributed by atoms with van der Waals surface area (Å²) in [7, 11) is 0. The molecule has 0 atom stereocenters. The zero-order valence-electron chi connectivity index (χ0n) is 15.4. The summed E-state index contributed by atoms with van der Waals surface area (Å²) in [6.07, 6.45) is 1.52. The van der Waals surface area contributed by atoms with Gasteiger partial charge in [0, 0.05) is 6.07 Å². The zero-order chi connectivity index (χ0) is 21.3. The monoisotopic (exact) mass is 443 g/mol. The lowest BCUT2D eigenvalue weighted by atomic mass is 10.2. The maximum atomic E-state index is 12.6. The van der Waals surface area contributed by atoms with Crippen LogP contribution in [0.25, 0.3) is 10.9 Å². The van der Waals surface area contributed by atoms with Crippen molar-refractivity contribution in [3.63, 3.8) is 0 Å². The second-order valence-electron chi connectivity index (χ2n) is 6.50. The smallest absolute Gasteiger partial charge is 0.309 e. The fourth-order valence-corrected chi connectivity index (χ4v) is 3.45. The Kier molecular flexibility index (Phi) is 5.43. The number of anilines is 1. The van der Waals surface area contributed by atoms with Gasteiger partial charge >= 0.3 is 5.69 Å². The third-order valence-corrected chi connectivity index (χ3v) is 5.38. The number of nitrogens with one attached hydrogen (secondary N) is 2. The van der Waals surface area contributed by atoms with Crippen molar-refractivity contribution in [1.29, 1.82) is 0 Å². The highest BCUT2D eigenvalue weighted by Crippen LogP contribution is 2.26. The van der Waals surface area contributed by atoms with Gasteiger partial charge in [-0.1, -0.05) is 47.5 Å². The molecule has 2 aromatic heterocycles. The first-order chi connectivity index (χ1) is 14.4. The number of amides is 1. The van der Waals surface area contributed by atoms with Gasteiger partial charge in [-0.25, -0.2) is 9.48 Å². The van der Waals surface area contributed by atoms with Gasteiger partial charge in [0.2, 0.25) is 5.91 Å². The van der Waals surface area contributed by atoms with Crippen molar-refractivity contribution in [3.8, 4) is 0 Å². The van der Waals surface area contributed by atoms with Gasteiger partial charge in [0.25, 0.3) is 5.56 Å². The summed E-state index contributed by atoms with van der Waals surface area (Å²) in [5.74, 6) is -0.155. The van der Waals surface area contributed by atoms with Gasteiger partial charge in [0.15, 0.2) is 0 Å². The van der Waals surface area contributed by atoms with Crippen molar-refractivity contribution in [2.75, 3.05) is 5.32 Å². The Morgan fingerprint density at radius 3 is 2.70 bits per heavy atom. The molecule has 10 heteroatoms. The van der Waals surface area contributed by atoms with Crippen LogP contribution in [0.1, 0.15) is 5.56 Å². The van der Waals surface area contributed by atoms with Crippen molar-refractivity contribution in [2.45, 2.75) is 13.1 Å². The average Bonchev–Trinajstić information content (AvgIpc) is 3.15. The normalized spacial score (nSPS) is 11.0. The zero-order valence-corrected chi connectivity index (χ0v) is 16.9.